The molecule has 1 amide bonds. The fraction of sp³-hybridized carbons (Fsp3) is 0.412. The minimum atomic E-state index is -0.104. The van der Waals surface area contributed by atoms with Gasteiger partial charge in [-0.3, -0.25) is 9.89 Å². The largest absolute Gasteiger partial charge is 0.319 e. The van der Waals surface area contributed by atoms with E-state index in [1.807, 2.05) is 12.1 Å². The zero-order chi connectivity index (χ0) is 14.9. The lowest BCUT2D eigenvalue weighted by molar-refractivity contribution is 0.102. The van der Waals surface area contributed by atoms with E-state index in [1.54, 1.807) is 12.4 Å². The molecule has 2 atom stereocenters. The summed E-state index contributed by atoms with van der Waals surface area (Å²) in [6.45, 7) is 1.17. The van der Waals surface area contributed by atoms with Crippen molar-refractivity contribution in [3.05, 3.63) is 47.8 Å². The molecule has 2 aromatic rings. The number of benzene rings is 1. The van der Waals surface area contributed by atoms with Gasteiger partial charge in [0.1, 0.15) is 0 Å². The summed E-state index contributed by atoms with van der Waals surface area (Å²) in [7, 11) is 0. The van der Waals surface area contributed by atoms with Crippen LogP contribution < -0.4 is 10.6 Å². The fourth-order valence-corrected chi connectivity index (χ4v) is 2.83. The Labute approximate surface area is 129 Å². The maximum absolute atomic E-state index is 12.1. The van der Waals surface area contributed by atoms with Crippen molar-refractivity contribution < 1.29 is 4.79 Å². The highest BCUT2D eigenvalue weighted by Gasteiger charge is 2.38. The Balaban J connectivity index is 1.33. The molecule has 2 fully saturated rings. The predicted molar refractivity (Wildman–Crippen MR) is 84.9 cm³/mol. The number of carbonyl (C=O) groups excluding carboxylic acids is 1. The van der Waals surface area contributed by atoms with E-state index in [-0.39, 0.29) is 5.91 Å². The van der Waals surface area contributed by atoms with Crippen molar-refractivity contribution in [1.82, 2.24) is 15.5 Å². The number of rotatable bonds is 6. The summed E-state index contributed by atoms with van der Waals surface area (Å²) in [5.41, 5.74) is 2.68. The van der Waals surface area contributed by atoms with Crippen LogP contribution in [-0.4, -0.2) is 28.7 Å². The number of H-pyrrole nitrogens is 1. The molecule has 0 aliphatic heterocycles. The molecule has 114 valence electrons. The van der Waals surface area contributed by atoms with E-state index in [9.17, 15) is 4.79 Å². The van der Waals surface area contributed by atoms with Gasteiger partial charge in [-0.1, -0.05) is 12.1 Å². The van der Waals surface area contributed by atoms with Crippen LogP contribution in [0.2, 0.25) is 0 Å². The van der Waals surface area contributed by atoms with Gasteiger partial charge < -0.3 is 10.6 Å². The lowest BCUT2D eigenvalue weighted by atomic mass is 10.1. The third-order valence-electron chi connectivity index (χ3n) is 4.51. The molecule has 0 unspecified atom stereocenters. The monoisotopic (exact) mass is 296 g/mol. The van der Waals surface area contributed by atoms with E-state index in [2.05, 4.69) is 33.0 Å². The molecule has 0 saturated heterocycles. The van der Waals surface area contributed by atoms with Gasteiger partial charge in [-0.05, 0) is 49.4 Å². The molecular formula is C17H20N4O. The number of nitrogens with zero attached hydrogens (tertiary/aromatic N) is 1. The van der Waals surface area contributed by atoms with Gasteiger partial charge in [0, 0.05) is 23.7 Å². The van der Waals surface area contributed by atoms with Crippen molar-refractivity contribution in [3.63, 3.8) is 0 Å². The lowest BCUT2D eigenvalue weighted by Crippen LogP contribution is -2.20. The molecule has 0 bridgehead atoms. The Bertz CT molecular complexity index is 646. The topological polar surface area (TPSA) is 69.8 Å². The number of hydrogen-bond acceptors (Lipinski definition) is 3. The molecule has 1 aromatic carbocycles. The van der Waals surface area contributed by atoms with Crippen molar-refractivity contribution in [2.75, 3.05) is 11.9 Å². The first-order valence-electron chi connectivity index (χ1n) is 7.93. The third kappa shape index (κ3) is 3.04. The second-order valence-corrected chi connectivity index (χ2v) is 6.36. The van der Waals surface area contributed by atoms with Crippen molar-refractivity contribution >= 4 is 11.6 Å². The van der Waals surface area contributed by atoms with Crippen LogP contribution in [0.15, 0.2) is 36.7 Å². The first kappa shape index (κ1) is 13.5. The zero-order valence-corrected chi connectivity index (χ0v) is 12.4. The van der Waals surface area contributed by atoms with Gasteiger partial charge in [0.25, 0.3) is 5.91 Å². The van der Waals surface area contributed by atoms with Crippen LogP contribution in [0, 0.1) is 5.92 Å². The standard InChI is InChI=1S/C17H20N4O/c22-17(21-14-9-19-20-10-14)13-5-3-12(4-6-13)15-7-16(15)18-8-11-1-2-11/h3-6,9-11,15-16,18H,1-2,7-8H2,(H,19,20)(H,21,22)/t15-,16+/m0/s1. The van der Waals surface area contributed by atoms with Crippen molar-refractivity contribution in [2.24, 2.45) is 5.92 Å². The number of anilines is 1. The SMILES string of the molecule is O=C(Nc1cn[nH]c1)c1ccc([C@@H]2C[C@H]2NCC2CC2)cc1. The Hall–Kier alpha value is -2.14. The van der Waals surface area contributed by atoms with Crippen LogP contribution in [-0.2, 0) is 0 Å². The van der Waals surface area contributed by atoms with Gasteiger partial charge in [0.05, 0.1) is 11.9 Å². The minimum Gasteiger partial charge on any atom is -0.319 e. The van der Waals surface area contributed by atoms with Crippen molar-refractivity contribution in [2.45, 2.75) is 31.2 Å². The molecule has 1 aromatic heterocycles. The highest BCUT2D eigenvalue weighted by atomic mass is 16.1. The third-order valence-corrected chi connectivity index (χ3v) is 4.51. The molecular weight excluding hydrogens is 276 g/mol. The van der Waals surface area contributed by atoms with Gasteiger partial charge in [-0.2, -0.15) is 5.10 Å². The summed E-state index contributed by atoms with van der Waals surface area (Å²) in [4.78, 5) is 12.1. The molecule has 22 heavy (non-hydrogen) atoms. The maximum Gasteiger partial charge on any atom is 0.255 e. The van der Waals surface area contributed by atoms with Crippen molar-refractivity contribution in [1.29, 1.82) is 0 Å². The molecule has 5 heteroatoms. The van der Waals surface area contributed by atoms with Gasteiger partial charge >= 0.3 is 0 Å². The number of amides is 1. The second kappa shape index (κ2) is 5.57. The van der Waals surface area contributed by atoms with Crippen molar-refractivity contribution in [3.8, 4) is 0 Å². The lowest BCUT2D eigenvalue weighted by Gasteiger charge is -2.05. The molecule has 4 rings (SSSR count). The quantitative estimate of drug-likeness (QED) is 0.767. The number of hydrogen-bond donors (Lipinski definition) is 3. The molecule has 2 aliphatic carbocycles. The van der Waals surface area contributed by atoms with Gasteiger partial charge in [-0.15, -0.1) is 0 Å². The molecule has 0 spiro atoms. The Kier molecular flexibility index (Phi) is 3.42. The summed E-state index contributed by atoms with van der Waals surface area (Å²) in [5.74, 6) is 1.44. The molecule has 3 N–H and O–H groups in total. The molecule has 5 nitrogen and oxygen atoms in total. The summed E-state index contributed by atoms with van der Waals surface area (Å²) in [5, 5.41) is 12.9. The van der Waals surface area contributed by atoms with Crippen LogP contribution in [0.25, 0.3) is 0 Å². The number of aromatic amines is 1. The average molecular weight is 296 g/mol. The Morgan fingerprint density at radius 1 is 1.27 bits per heavy atom. The number of aromatic nitrogens is 2. The second-order valence-electron chi connectivity index (χ2n) is 6.36. The Morgan fingerprint density at radius 2 is 2.09 bits per heavy atom. The van der Waals surface area contributed by atoms with E-state index in [1.165, 1.54) is 31.4 Å². The normalized spacial score (nSPS) is 23.3. The smallest absolute Gasteiger partial charge is 0.255 e. The fourth-order valence-electron chi connectivity index (χ4n) is 2.83. The summed E-state index contributed by atoms with van der Waals surface area (Å²) in [6.07, 6.45) is 7.25. The highest BCUT2D eigenvalue weighted by molar-refractivity contribution is 6.04. The van der Waals surface area contributed by atoms with Gasteiger partial charge in [-0.25, -0.2) is 0 Å². The molecule has 0 radical (unpaired) electrons. The number of carbonyl (C=O) groups is 1. The zero-order valence-electron chi connectivity index (χ0n) is 12.4. The van der Waals surface area contributed by atoms with Gasteiger partial charge in [0.2, 0.25) is 0 Å². The maximum atomic E-state index is 12.1. The number of nitrogens with one attached hydrogen (secondary N) is 3. The van der Waals surface area contributed by atoms with E-state index in [0.29, 0.717) is 23.2 Å². The first-order valence-corrected chi connectivity index (χ1v) is 7.93. The van der Waals surface area contributed by atoms with Crippen LogP contribution in [0.4, 0.5) is 5.69 Å². The minimum absolute atomic E-state index is 0.104. The molecule has 2 saturated carbocycles. The van der Waals surface area contributed by atoms with E-state index >= 15 is 0 Å². The van der Waals surface area contributed by atoms with E-state index in [0.717, 1.165) is 5.92 Å². The van der Waals surface area contributed by atoms with E-state index < -0.39 is 0 Å². The average Bonchev–Trinajstić information content (AvgIpc) is 3.45. The molecule has 2 aliphatic rings. The van der Waals surface area contributed by atoms with Crippen LogP contribution in [0.3, 0.4) is 0 Å². The highest BCUT2D eigenvalue weighted by Crippen LogP contribution is 2.41. The first-order chi connectivity index (χ1) is 10.8. The van der Waals surface area contributed by atoms with Gasteiger partial charge in [0.15, 0.2) is 0 Å². The predicted octanol–water partition coefficient (Wildman–Crippen LogP) is 2.52. The van der Waals surface area contributed by atoms with E-state index in [4.69, 9.17) is 0 Å². The summed E-state index contributed by atoms with van der Waals surface area (Å²) in [6, 6.07) is 8.59. The molecule has 1 heterocycles. The summed E-state index contributed by atoms with van der Waals surface area (Å²) < 4.78 is 0. The van der Waals surface area contributed by atoms with Crippen LogP contribution in [0.1, 0.15) is 41.1 Å². The summed E-state index contributed by atoms with van der Waals surface area (Å²) >= 11 is 0. The van der Waals surface area contributed by atoms with Crippen LogP contribution in [0.5, 0.6) is 0 Å². The van der Waals surface area contributed by atoms with Crippen LogP contribution >= 0.6 is 0 Å². The Morgan fingerprint density at radius 3 is 2.77 bits per heavy atom.